The zero-order valence-electron chi connectivity index (χ0n) is 17.1. The quantitative estimate of drug-likeness (QED) is 0.493. The number of amides is 1. The monoisotopic (exact) mass is 476 g/mol. The minimum atomic E-state index is -3.95. The summed E-state index contributed by atoms with van der Waals surface area (Å²) in [6.07, 6.45) is 0. The molecule has 1 N–H and O–H groups in total. The minimum Gasteiger partial charge on any atom is -0.325 e. The lowest BCUT2D eigenvalue weighted by Gasteiger charge is -2.23. The maximum absolute atomic E-state index is 13.3. The lowest BCUT2D eigenvalue weighted by molar-refractivity contribution is -0.116. The van der Waals surface area contributed by atoms with Crippen molar-refractivity contribution in [2.75, 3.05) is 11.9 Å². The van der Waals surface area contributed by atoms with Crippen LogP contribution in [-0.2, 0) is 21.4 Å². The summed E-state index contributed by atoms with van der Waals surface area (Å²) in [5.74, 6) is -0.467. The maximum atomic E-state index is 13.3. The van der Waals surface area contributed by atoms with Gasteiger partial charge in [-0.1, -0.05) is 53.5 Å². The van der Waals surface area contributed by atoms with E-state index in [2.05, 4.69) is 5.32 Å². The third-order valence-corrected chi connectivity index (χ3v) is 7.30. The first kappa shape index (κ1) is 23.3. The van der Waals surface area contributed by atoms with Gasteiger partial charge in [0.15, 0.2) is 0 Å². The second-order valence-electron chi connectivity index (χ2n) is 7.17. The van der Waals surface area contributed by atoms with Crippen molar-refractivity contribution in [3.63, 3.8) is 0 Å². The molecule has 162 valence electrons. The number of aryl methyl sites for hydroxylation is 2. The fraction of sp³-hybridized carbons (Fsp3) is 0.174. The van der Waals surface area contributed by atoms with Crippen LogP contribution in [0.1, 0.15) is 16.7 Å². The van der Waals surface area contributed by atoms with Crippen LogP contribution >= 0.6 is 23.2 Å². The highest BCUT2D eigenvalue weighted by Gasteiger charge is 2.27. The van der Waals surface area contributed by atoms with Gasteiger partial charge in [-0.2, -0.15) is 4.31 Å². The standard InChI is InChI=1S/C23H22Cl2N2O3S/c1-16-5-3-4-6-18(16)14-27(31(29,30)21-11-8-19(24)9-12-21)15-23(28)26-20-10-7-17(2)22(25)13-20/h3-13H,14-15H2,1-2H3,(H,26,28). The van der Waals surface area contributed by atoms with E-state index in [1.807, 2.05) is 38.1 Å². The van der Waals surface area contributed by atoms with Crippen molar-refractivity contribution in [1.82, 2.24) is 4.31 Å². The first-order valence-electron chi connectivity index (χ1n) is 9.53. The Morgan fingerprint density at radius 1 is 0.935 bits per heavy atom. The zero-order chi connectivity index (χ0) is 22.6. The van der Waals surface area contributed by atoms with Crippen molar-refractivity contribution in [3.8, 4) is 0 Å². The van der Waals surface area contributed by atoms with Gasteiger partial charge in [0.2, 0.25) is 15.9 Å². The van der Waals surface area contributed by atoms with Gasteiger partial charge in [-0.3, -0.25) is 4.79 Å². The molecule has 3 aromatic carbocycles. The first-order valence-corrected chi connectivity index (χ1v) is 11.7. The number of rotatable bonds is 7. The Balaban J connectivity index is 1.89. The van der Waals surface area contributed by atoms with E-state index in [0.717, 1.165) is 21.0 Å². The number of nitrogens with one attached hydrogen (secondary N) is 1. The summed E-state index contributed by atoms with van der Waals surface area (Å²) in [6, 6.07) is 18.5. The molecular formula is C23H22Cl2N2O3S. The molecule has 8 heteroatoms. The highest BCUT2D eigenvalue weighted by Crippen LogP contribution is 2.23. The van der Waals surface area contributed by atoms with E-state index in [9.17, 15) is 13.2 Å². The van der Waals surface area contributed by atoms with Crippen LogP contribution in [0.4, 0.5) is 5.69 Å². The van der Waals surface area contributed by atoms with Gasteiger partial charge in [-0.15, -0.1) is 0 Å². The highest BCUT2D eigenvalue weighted by atomic mass is 35.5. The molecule has 0 aliphatic carbocycles. The number of hydrogen-bond donors (Lipinski definition) is 1. The molecule has 0 saturated carbocycles. The SMILES string of the molecule is Cc1ccc(NC(=O)CN(Cc2ccccc2C)S(=O)(=O)c2ccc(Cl)cc2)cc1Cl. The number of hydrogen-bond acceptors (Lipinski definition) is 3. The van der Waals surface area contributed by atoms with Crippen molar-refractivity contribution in [3.05, 3.63) is 93.5 Å². The van der Waals surface area contributed by atoms with E-state index in [0.29, 0.717) is 15.7 Å². The summed E-state index contributed by atoms with van der Waals surface area (Å²) in [7, 11) is -3.95. The molecule has 0 unspecified atom stereocenters. The lowest BCUT2D eigenvalue weighted by Crippen LogP contribution is -2.37. The zero-order valence-corrected chi connectivity index (χ0v) is 19.4. The van der Waals surface area contributed by atoms with E-state index in [4.69, 9.17) is 23.2 Å². The Labute approximate surface area is 192 Å². The summed E-state index contributed by atoms with van der Waals surface area (Å²) < 4.78 is 27.8. The third-order valence-electron chi connectivity index (χ3n) is 4.83. The van der Waals surface area contributed by atoms with Crippen molar-refractivity contribution in [1.29, 1.82) is 0 Å². The van der Waals surface area contributed by atoms with Crippen LogP contribution < -0.4 is 5.32 Å². The molecule has 3 aromatic rings. The Hall–Kier alpha value is -2.38. The predicted molar refractivity (Wildman–Crippen MR) is 125 cm³/mol. The van der Waals surface area contributed by atoms with Gasteiger partial charge in [0.25, 0.3) is 0 Å². The van der Waals surface area contributed by atoms with Gasteiger partial charge in [-0.05, 0) is 66.9 Å². The van der Waals surface area contributed by atoms with E-state index in [1.165, 1.54) is 24.3 Å². The molecule has 5 nitrogen and oxygen atoms in total. The first-order chi connectivity index (χ1) is 14.7. The van der Waals surface area contributed by atoms with Crippen molar-refractivity contribution in [2.45, 2.75) is 25.3 Å². The molecular weight excluding hydrogens is 455 g/mol. The van der Waals surface area contributed by atoms with Crippen LogP contribution in [0, 0.1) is 13.8 Å². The lowest BCUT2D eigenvalue weighted by atomic mass is 10.1. The molecule has 0 bridgehead atoms. The normalized spacial score (nSPS) is 11.5. The highest BCUT2D eigenvalue weighted by molar-refractivity contribution is 7.89. The molecule has 0 aliphatic heterocycles. The summed E-state index contributed by atoms with van der Waals surface area (Å²) in [5, 5.41) is 3.67. The average Bonchev–Trinajstić information content (AvgIpc) is 2.72. The molecule has 31 heavy (non-hydrogen) atoms. The van der Waals surface area contributed by atoms with Gasteiger partial charge in [0.1, 0.15) is 0 Å². The number of halogens is 2. The number of sulfonamides is 1. The van der Waals surface area contributed by atoms with Crippen molar-refractivity contribution in [2.24, 2.45) is 0 Å². The molecule has 0 atom stereocenters. The van der Waals surface area contributed by atoms with Crippen LogP contribution in [0.3, 0.4) is 0 Å². The molecule has 3 rings (SSSR count). The van der Waals surface area contributed by atoms with Gasteiger partial charge in [0, 0.05) is 22.3 Å². The van der Waals surface area contributed by atoms with E-state index in [-0.39, 0.29) is 18.0 Å². The molecule has 0 spiro atoms. The Morgan fingerprint density at radius 2 is 1.61 bits per heavy atom. The number of benzene rings is 3. The molecule has 0 heterocycles. The fourth-order valence-electron chi connectivity index (χ4n) is 2.99. The molecule has 0 aromatic heterocycles. The maximum Gasteiger partial charge on any atom is 0.243 e. The van der Waals surface area contributed by atoms with Crippen molar-refractivity contribution >= 4 is 44.8 Å². The molecule has 0 saturated heterocycles. The Kier molecular flexibility index (Phi) is 7.38. The van der Waals surface area contributed by atoms with E-state index < -0.39 is 15.9 Å². The van der Waals surface area contributed by atoms with Gasteiger partial charge in [-0.25, -0.2) is 8.42 Å². The topological polar surface area (TPSA) is 66.5 Å². The summed E-state index contributed by atoms with van der Waals surface area (Å²) >= 11 is 12.0. The molecule has 1 amide bonds. The third kappa shape index (κ3) is 5.86. The van der Waals surface area contributed by atoms with E-state index >= 15 is 0 Å². The minimum absolute atomic E-state index is 0.0553. The smallest absolute Gasteiger partial charge is 0.243 e. The van der Waals surface area contributed by atoms with Crippen LogP contribution in [0.25, 0.3) is 0 Å². The van der Waals surface area contributed by atoms with Crippen LogP contribution in [0.2, 0.25) is 10.0 Å². The average molecular weight is 477 g/mol. The van der Waals surface area contributed by atoms with Crippen LogP contribution in [-0.4, -0.2) is 25.2 Å². The summed E-state index contributed by atoms with van der Waals surface area (Å²) in [6.45, 7) is 3.46. The molecule has 0 fully saturated rings. The second-order valence-corrected chi connectivity index (χ2v) is 9.95. The fourth-order valence-corrected chi connectivity index (χ4v) is 4.67. The van der Waals surface area contributed by atoms with Crippen LogP contribution in [0.5, 0.6) is 0 Å². The number of carbonyl (C=O) groups excluding carboxylic acids is 1. The second kappa shape index (κ2) is 9.83. The van der Waals surface area contributed by atoms with E-state index in [1.54, 1.807) is 18.2 Å². The van der Waals surface area contributed by atoms with Crippen molar-refractivity contribution < 1.29 is 13.2 Å². The number of carbonyl (C=O) groups is 1. The summed E-state index contributed by atoms with van der Waals surface area (Å²) in [5.41, 5.74) is 3.13. The van der Waals surface area contributed by atoms with Gasteiger partial charge < -0.3 is 5.32 Å². The largest absolute Gasteiger partial charge is 0.325 e. The van der Waals surface area contributed by atoms with Gasteiger partial charge in [0.05, 0.1) is 11.4 Å². The molecule has 0 radical (unpaired) electrons. The summed E-state index contributed by atoms with van der Waals surface area (Å²) in [4.78, 5) is 12.8. The van der Waals surface area contributed by atoms with Crippen LogP contribution in [0.15, 0.2) is 71.6 Å². The Bertz CT molecular complexity index is 1200. The number of nitrogens with zero attached hydrogens (tertiary/aromatic N) is 1. The Morgan fingerprint density at radius 3 is 2.26 bits per heavy atom. The molecule has 0 aliphatic rings. The predicted octanol–water partition coefficient (Wildman–Crippen LogP) is 5.44. The number of anilines is 1. The van der Waals surface area contributed by atoms with Gasteiger partial charge >= 0.3 is 0 Å².